The number of rotatable bonds is 8. The number of amides is 1. The second kappa shape index (κ2) is 11.3. The maximum atomic E-state index is 13.3. The van der Waals surface area contributed by atoms with Crippen molar-refractivity contribution < 1.29 is 4.79 Å². The quantitative estimate of drug-likeness (QED) is 0.467. The molecule has 1 amide bonds. The van der Waals surface area contributed by atoms with E-state index < -0.39 is 6.04 Å². The summed E-state index contributed by atoms with van der Waals surface area (Å²) in [5.74, 6) is -0.0448. The average Bonchev–Trinajstić information content (AvgIpc) is 2.84. The number of carbonyl (C=O) groups excluding carboxylic acids is 1. The number of hydrogen-bond acceptors (Lipinski definition) is 3. The molecule has 4 heteroatoms. The Morgan fingerprint density at radius 1 is 0.879 bits per heavy atom. The summed E-state index contributed by atoms with van der Waals surface area (Å²) in [5.41, 5.74) is 6.55. The number of benzene rings is 3. The lowest BCUT2D eigenvalue weighted by Crippen LogP contribution is -2.33. The van der Waals surface area contributed by atoms with Crippen LogP contribution in [0.15, 0.2) is 72.8 Å². The first-order valence-corrected chi connectivity index (χ1v) is 12.0. The standard InChI is InChI=1S/C29H35N3O/c1-22-11-12-23(2)27(19-22)31-29(33)28(26-9-5-3-6-10-26)30-20-24-13-15-25(16-14-24)21-32-17-7-4-8-18-32/h3,5-6,9-16,19,28,30H,4,7-8,17-18,20-21H2,1-2H3,(H,31,33)/t28-/m0/s1. The topological polar surface area (TPSA) is 44.4 Å². The molecular weight excluding hydrogens is 406 g/mol. The molecule has 0 bridgehead atoms. The zero-order valence-corrected chi connectivity index (χ0v) is 19.8. The first kappa shape index (κ1) is 23.2. The van der Waals surface area contributed by atoms with Crippen LogP contribution in [0.5, 0.6) is 0 Å². The van der Waals surface area contributed by atoms with Gasteiger partial charge in [-0.1, -0.05) is 73.2 Å². The summed E-state index contributed by atoms with van der Waals surface area (Å²) in [6.07, 6.45) is 3.99. The van der Waals surface area contributed by atoms with E-state index in [4.69, 9.17) is 0 Å². The lowest BCUT2D eigenvalue weighted by molar-refractivity contribution is -0.118. The highest BCUT2D eigenvalue weighted by atomic mass is 16.2. The van der Waals surface area contributed by atoms with Crippen LogP contribution in [0.1, 0.15) is 53.1 Å². The van der Waals surface area contributed by atoms with Gasteiger partial charge in [0.2, 0.25) is 5.91 Å². The van der Waals surface area contributed by atoms with Gasteiger partial charge in [-0.25, -0.2) is 0 Å². The molecule has 0 unspecified atom stereocenters. The predicted octanol–water partition coefficient (Wildman–Crippen LogP) is 5.76. The van der Waals surface area contributed by atoms with Crippen molar-refractivity contribution in [3.8, 4) is 0 Å². The molecule has 1 atom stereocenters. The molecule has 4 nitrogen and oxygen atoms in total. The molecule has 0 radical (unpaired) electrons. The van der Waals surface area contributed by atoms with Gasteiger partial charge in [-0.15, -0.1) is 0 Å². The third-order valence-corrected chi connectivity index (χ3v) is 6.43. The molecule has 0 aliphatic carbocycles. The number of aryl methyl sites for hydroxylation is 2. The zero-order valence-electron chi connectivity index (χ0n) is 19.8. The number of carbonyl (C=O) groups is 1. The van der Waals surface area contributed by atoms with Crippen LogP contribution in [-0.4, -0.2) is 23.9 Å². The van der Waals surface area contributed by atoms with Gasteiger partial charge in [0.15, 0.2) is 0 Å². The Kier molecular flexibility index (Phi) is 7.92. The largest absolute Gasteiger partial charge is 0.324 e. The summed E-state index contributed by atoms with van der Waals surface area (Å²) in [5, 5.41) is 6.62. The third kappa shape index (κ3) is 6.53. The van der Waals surface area contributed by atoms with Gasteiger partial charge in [-0.2, -0.15) is 0 Å². The Labute approximate surface area is 198 Å². The predicted molar refractivity (Wildman–Crippen MR) is 136 cm³/mol. The highest BCUT2D eigenvalue weighted by Gasteiger charge is 2.21. The van der Waals surface area contributed by atoms with Crippen molar-refractivity contribution in [3.63, 3.8) is 0 Å². The van der Waals surface area contributed by atoms with Crippen LogP contribution in [0.25, 0.3) is 0 Å². The summed E-state index contributed by atoms with van der Waals surface area (Å²) >= 11 is 0. The van der Waals surface area contributed by atoms with E-state index in [9.17, 15) is 4.79 Å². The highest BCUT2D eigenvalue weighted by Crippen LogP contribution is 2.21. The first-order chi connectivity index (χ1) is 16.1. The average molecular weight is 442 g/mol. The molecule has 0 spiro atoms. The molecule has 1 saturated heterocycles. The van der Waals surface area contributed by atoms with Gasteiger partial charge in [0, 0.05) is 18.8 Å². The minimum Gasteiger partial charge on any atom is -0.324 e. The van der Waals surface area contributed by atoms with Crippen molar-refractivity contribution in [1.82, 2.24) is 10.2 Å². The normalized spacial score (nSPS) is 15.2. The Morgan fingerprint density at radius 2 is 1.58 bits per heavy atom. The van der Waals surface area contributed by atoms with Crippen LogP contribution in [0.2, 0.25) is 0 Å². The lowest BCUT2D eigenvalue weighted by Gasteiger charge is -2.26. The van der Waals surface area contributed by atoms with Crippen LogP contribution in [-0.2, 0) is 17.9 Å². The van der Waals surface area contributed by atoms with Crippen LogP contribution in [0, 0.1) is 13.8 Å². The molecule has 4 rings (SSSR count). The van der Waals surface area contributed by atoms with Crippen LogP contribution in [0.3, 0.4) is 0 Å². The van der Waals surface area contributed by atoms with Crippen molar-refractivity contribution in [2.24, 2.45) is 0 Å². The fourth-order valence-corrected chi connectivity index (χ4v) is 4.44. The summed E-state index contributed by atoms with van der Waals surface area (Å²) in [6, 6.07) is 24.4. The molecule has 3 aromatic carbocycles. The zero-order chi connectivity index (χ0) is 23.0. The van der Waals surface area contributed by atoms with Crippen LogP contribution in [0.4, 0.5) is 5.69 Å². The van der Waals surface area contributed by atoms with E-state index >= 15 is 0 Å². The van der Waals surface area contributed by atoms with E-state index in [0.717, 1.165) is 28.9 Å². The summed E-state index contributed by atoms with van der Waals surface area (Å²) in [6.45, 7) is 8.12. The van der Waals surface area contributed by atoms with Crippen molar-refractivity contribution in [2.45, 2.75) is 52.2 Å². The molecule has 1 aliphatic rings. The summed E-state index contributed by atoms with van der Waals surface area (Å²) < 4.78 is 0. The first-order valence-electron chi connectivity index (χ1n) is 12.0. The maximum Gasteiger partial charge on any atom is 0.246 e. The van der Waals surface area contributed by atoms with Gasteiger partial charge in [-0.05, 0) is 73.7 Å². The van der Waals surface area contributed by atoms with Gasteiger partial charge in [0.05, 0.1) is 0 Å². The van der Waals surface area contributed by atoms with E-state index in [1.165, 1.54) is 43.5 Å². The maximum absolute atomic E-state index is 13.3. The van der Waals surface area contributed by atoms with Crippen molar-refractivity contribution in [2.75, 3.05) is 18.4 Å². The van der Waals surface area contributed by atoms with E-state index in [1.54, 1.807) is 0 Å². The number of anilines is 1. The van der Waals surface area contributed by atoms with E-state index in [1.807, 2.05) is 56.3 Å². The second-order valence-electron chi connectivity index (χ2n) is 9.19. The molecule has 0 saturated carbocycles. The van der Waals surface area contributed by atoms with Crippen molar-refractivity contribution in [1.29, 1.82) is 0 Å². The molecule has 2 N–H and O–H groups in total. The van der Waals surface area contributed by atoms with Gasteiger partial charge >= 0.3 is 0 Å². The van der Waals surface area contributed by atoms with Gasteiger partial charge < -0.3 is 5.32 Å². The molecule has 3 aromatic rings. The Bertz CT molecular complexity index is 1040. The summed E-state index contributed by atoms with van der Waals surface area (Å²) in [4.78, 5) is 15.8. The van der Waals surface area contributed by atoms with Crippen molar-refractivity contribution in [3.05, 3.63) is 101 Å². The second-order valence-corrected chi connectivity index (χ2v) is 9.19. The number of likely N-dealkylation sites (tertiary alicyclic amines) is 1. The Morgan fingerprint density at radius 3 is 2.30 bits per heavy atom. The van der Waals surface area contributed by atoms with E-state index in [2.05, 4.69) is 45.9 Å². The smallest absolute Gasteiger partial charge is 0.246 e. The fraction of sp³-hybridized carbons (Fsp3) is 0.345. The van der Waals surface area contributed by atoms with Gasteiger partial charge in [0.25, 0.3) is 0 Å². The minimum absolute atomic E-state index is 0.0448. The molecule has 172 valence electrons. The molecular formula is C29H35N3O. The molecule has 1 aliphatic heterocycles. The number of nitrogens with zero attached hydrogens (tertiary/aromatic N) is 1. The van der Waals surface area contributed by atoms with E-state index in [-0.39, 0.29) is 5.91 Å². The van der Waals surface area contributed by atoms with Crippen molar-refractivity contribution >= 4 is 11.6 Å². The Hall–Kier alpha value is -2.95. The summed E-state index contributed by atoms with van der Waals surface area (Å²) in [7, 11) is 0. The van der Waals surface area contributed by atoms with Crippen LogP contribution < -0.4 is 10.6 Å². The lowest BCUT2D eigenvalue weighted by atomic mass is 10.0. The number of hydrogen-bond donors (Lipinski definition) is 2. The molecule has 1 fully saturated rings. The number of piperidine rings is 1. The minimum atomic E-state index is -0.431. The van der Waals surface area contributed by atoms with E-state index in [0.29, 0.717) is 6.54 Å². The van der Waals surface area contributed by atoms with Gasteiger partial charge in [0.1, 0.15) is 6.04 Å². The molecule has 0 aromatic heterocycles. The van der Waals surface area contributed by atoms with Gasteiger partial charge in [-0.3, -0.25) is 15.0 Å². The third-order valence-electron chi connectivity index (χ3n) is 6.43. The highest BCUT2D eigenvalue weighted by molar-refractivity contribution is 5.96. The fourth-order valence-electron chi connectivity index (χ4n) is 4.44. The Balaban J connectivity index is 1.42. The van der Waals surface area contributed by atoms with Crippen LogP contribution >= 0.6 is 0 Å². The number of nitrogens with one attached hydrogen (secondary N) is 2. The molecule has 1 heterocycles. The SMILES string of the molecule is Cc1ccc(C)c(NC(=O)[C@@H](NCc2ccc(CN3CCCCC3)cc2)c2ccccc2)c1. The molecule has 33 heavy (non-hydrogen) atoms. The monoisotopic (exact) mass is 441 g/mol.